The molecule has 98 valence electrons. The van der Waals surface area contributed by atoms with Gasteiger partial charge in [-0.2, -0.15) is 13.2 Å². The average Bonchev–Trinajstić information content (AvgIpc) is 2.27. The van der Waals surface area contributed by atoms with Gasteiger partial charge in [-0.25, -0.2) is 4.79 Å². The predicted molar refractivity (Wildman–Crippen MR) is 61.4 cm³/mol. The van der Waals surface area contributed by atoms with E-state index in [9.17, 15) is 18.0 Å². The molecule has 1 aromatic carbocycles. The Kier molecular flexibility index (Phi) is 4.48. The Morgan fingerprint density at radius 2 is 1.89 bits per heavy atom. The Hall–Kier alpha value is -1.40. The van der Waals surface area contributed by atoms with Crippen molar-refractivity contribution < 1.29 is 23.1 Å². The van der Waals surface area contributed by atoms with Crippen molar-refractivity contribution in [2.45, 2.75) is 6.18 Å². The Balaban J connectivity index is 3.00. The van der Waals surface area contributed by atoms with Crippen LogP contribution >= 0.6 is 23.2 Å². The summed E-state index contributed by atoms with van der Waals surface area (Å²) in [6.45, 7) is 0. The number of rotatable bonds is 3. The Morgan fingerprint density at radius 1 is 1.28 bits per heavy atom. The van der Waals surface area contributed by atoms with Gasteiger partial charge in [0, 0.05) is 5.69 Å². The smallest absolute Gasteiger partial charge is 0.416 e. The number of benzene rings is 1. The molecular formula is C10H6Cl2F3NO2. The van der Waals surface area contributed by atoms with Gasteiger partial charge in [-0.05, 0) is 18.2 Å². The van der Waals surface area contributed by atoms with E-state index < -0.39 is 27.9 Å². The molecule has 1 aromatic rings. The van der Waals surface area contributed by atoms with Gasteiger partial charge in [-0.1, -0.05) is 29.3 Å². The topological polar surface area (TPSA) is 49.3 Å². The van der Waals surface area contributed by atoms with E-state index in [0.29, 0.717) is 0 Å². The lowest BCUT2D eigenvalue weighted by molar-refractivity contribution is -0.137. The van der Waals surface area contributed by atoms with Crippen molar-refractivity contribution in [1.29, 1.82) is 0 Å². The first kappa shape index (κ1) is 14.7. The zero-order valence-electron chi connectivity index (χ0n) is 8.55. The standard InChI is InChI=1S/C10H6Cl2F3NO2/c11-7(9(17)18)8(12)16-6-3-1-2-5(4-6)10(13,14)15/h1-4,16H,(H,17,18)/b8-7+. The minimum Gasteiger partial charge on any atom is -0.477 e. The van der Waals surface area contributed by atoms with E-state index >= 15 is 0 Å². The Labute approximate surface area is 110 Å². The summed E-state index contributed by atoms with van der Waals surface area (Å²) in [6, 6.07) is 4.11. The third kappa shape index (κ3) is 3.82. The fourth-order valence-electron chi connectivity index (χ4n) is 1.05. The highest BCUT2D eigenvalue weighted by molar-refractivity contribution is 6.47. The first-order chi connectivity index (χ1) is 8.21. The van der Waals surface area contributed by atoms with Gasteiger partial charge in [0.1, 0.15) is 5.16 Å². The lowest BCUT2D eigenvalue weighted by atomic mass is 10.2. The number of nitrogens with one attached hydrogen (secondary N) is 1. The van der Waals surface area contributed by atoms with Gasteiger partial charge in [-0.3, -0.25) is 0 Å². The fourth-order valence-corrected chi connectivity index (χ4v) is 1.29. The third-order valence-electron chi connectivity index (χ3n) is 1.82. The van der Waals surface area contributed by atoms with E-state index in [2.05, 4.69) is 5.32 Å². The quantitative estimate of drug-likeness (QED) is 0.658. The van der Waals surface area contributed by atoms with Gasteiger partial charge < -0.3 is 10.4 Å². The van der Waals surface area contributed by atoms with Crippen LogP contribution in [0.1, 0.15) is 5.56 Å². The predicted octanol–water partition coefficient (Wildman–Crippen LogP) is 3.85. The molecule has 0 saturated heterocycles. The van der Waals surface area contributed by atoms with Crippen molar-refractivity contribution in [2.24, 2.45) is 0 Å². The van der Waals surface area contributed by atoms with Crippen molar-refractivity contribution in [3.05, 3.63) is 40.0 Å². The second kappa shape index (κ2) is 5.49. The number of alkyl halides is 3. The lowest BCUT2D eigenvalue weighted by Crippen LogP contribution is -2.06. The fraction of sp³-hybridized carbons (Fsp3) is 0.100. The van der Waals surface area contributed by atoms with Crippen molar-refractivity contribution in [3.63, 3.8) is 0 Å². The Morgan fingerprint density at radius 3 is 2.39 bits per heavy atom. The van der Waals surface area contributed by atoms with E-state index in [1.165, 1.54) is 6.07 Å². The molecule has 8 heteroatoms. The van der Waals surface area contributed by atoms with E-state index in [4.69, 9.17) is 28.3 Å². The zero-order valence-corrected chi connectivity index (χ0v) is 10.1. The highest BCUT2D eigenvalue weighted by Crippen LogP contribution is 2.31. The minimum atomic E-state index is -4.50. The van der Waals surface area contributed by atoms with Crippen LogP contribution in [0.4, 0.5) is 18.9 Å². The average molecular weight is 300 g/mol. The maximum atomic E-state index is 12.4. The molecule has 0 radical (unpaired) electrons. The summed E-state index contributed by atoms with van der Waals surface area (Å²) in [6.07, 6.45) is -4.50. The Bertz CT molecular complexity index is 500. The molecule has 0 amide bonds. The number of hydrogen-bond acceptors (Lipinski definition) is 2. The number of carboxylic acid groups (broad SMARTS) is 1. The number of aliphatic carboxylic acids is 1. The number of carbonyl (C=O) groups is 1. The van der Waals surface area contributed by atoms with Crippen molar-refractivity contribution in [3.8, 4) is 0 Å². The van der Waals surface area contributed by atoms with E-state index in [-0.39, 0.29) is 5.69 Å². The molecule has 0 fully saturated rings. The summed E-state index contributed by atoms with van der Waals surface area (Å²) in [5.41, 5.74) is -0.905. The largest absolute Gasteiger partial charge is 0.477 e. The normalized spacial score (nSPS) is 12.9. The van der Waals surface area contributed by atoms with E-state index in [1.54, 1.807) is 0 Å². The van der Waals surface area contributed by atoms with Crippen LogP contribution in [0.2, 0.25) is 0 Å². The van der Waals surface area contributed by atoms with Crippen LogP contribution in [-0.4, -0.2) is 11.1 Å². The number of carboxylic acids is 1. The molecule has 1 rings (SSSR count). The first-order valence-electron chi connectivity index (χ1n) is 4.44. The van der Waals surface area contributed by atoms with Crippen molar-refractivity contribution in [2.75, 3.05) is 5.32 Å². The van der Waals surface area contributed by atoms with Crippen LogP contribution in [0.3, 0.4) is 0 Å². The van der Waals surface area contributed by atoms with Crippen LogP contribution in [0, 0.1) is 0 Å². The van der Waals surface area contributed by atoms with Gasteiger partial charge in [0.2, 0.25) is 0 Å². The van der Waals surface area contributed by atoms with Crippen molar-refractivity contribution >= 4 is 34.9 Å². The van der Waals surface area contributed by atoms with Gasteiger partial charge in [-0.15, -0.1) is 0 Å². The van der Waals surface area contributed by atoms with Gasteiger partial charge in [0.15, 0.2) is 5.03 Å². The van der Waals surface area contributed by atoms with Gasteiger partial charge in [0.05, 0.1) is 5.56 Å². The summed E-state index contributed by atoms with van der Waals surface area (Å²) in [4.78, 5) is 10.5. The summed E-state index contributed by atoms with van der Waals surface area (Å²) in [7, 11) is 0. The molecule has 0 aliphatic carbocycles. The molecule has 0 atom stereocenters. The molecule has 18 heavy (non-hydrogen) atoms. The molecule has 0 aliphatic heterocycles. The molecule has 0 unspecified atom stereocenters. The van der Waals surface area contributed by atoms with Crippen molar-refractivity contribution in [1.82, 2.24) is 0 Å². The number of hydrogen-bond donors (Lipinski definition) is 2. The highest BCUT2D eigenvalue weighted by Gasteiger charge is 2.30. The molecule has 0 spiro atoms. The lowest BCUT2D eigenvalue weighted by Gasteiger charge is -2.10. The SMILES string of the molecule is O=C(O)/C(Cl)=C(/Cl)Nc1cccc(C(F)(F)F)c1. The van der Waals surface area contributed by atoms with Crippen LogP contribution in [0.5, 0.6) is 0 Å². The molecule has 3 nitrogen and oxygen atoms in total. The maximum Gasteiger partial charge on any atom is 0.416 e. The second-order valence-corrected chi connectivity index (χ2v) is 3.89. The summed E-state index contributed by atoms with van der Waals surface area (Å²) in [5.74, 6) is -1.49. The molecule has 0 saturated carbocycles. The third-order valence-corrected chi connectivity index (χ3v) is 2.56. The van der Waals surface area contributed by atoms with Crippen LogP contribution < -0.4 is 5.32 Å². The molecule has 0 heterocycles. The first-order valence-corrected chi connectivity index (χ1v) is 5.20. The number of halogens is 5. The second-order valence-electron chi connectivity index (χ2n) is 3.14. The van der Waals surface area contributed by atoms with E-state index in [1.807, 2.05) is 0 Å². The molecular weight excluding hydrogens is 294 g/mol. The molecule has 2 N–H and O–H groups in total. The van der Waals surface area contributed by atoms with Gasteiger partial charge >= 0.3 is 12.1 Å². The summed E-state index contributed by atoms with van der Waals surface area (Å²) < 4.78 is 37.2. The molecule has 0 aromatic heterocycles. The van der Waals surface area contributed by atoms with Gasteiger partial charge in [0.25, 0.3) is 0 Å². The minimum absolute atomic E-state index is 0.0192. The number of anilines is 1. The van der Waals surface area contributed by atoms with Crippen LogP contribution in [-0.2, 0) is 11.0 Å². The molecule has 0 bridgehead atoms. The zero-order chi connectivity index (χ0) is 13.9. The summed E-state index contributed by atoms with van der Waals surface area (Å²) in [5, 5.41) is 9.60. The maximum absolute atomic E-state index is 12.4. The monoisotopic (exact) mass is 299 g/mol. The van der Waals surface area contributed by atoms with Crippen LogP contribution in [0.15, 0.2) is 34.5 Å². The van der Waals surface area contributed by atoms with E-state index in [0.717, 1.165) is 18.2 Å². The molecule has 0 aliphatic rings. The highest BCUT2D eigenvalue weighted by atomic mass is 35.5. The summed E-state index contributed by atoms with van der Waals surface area (Å²) >= 11 is 10.8. The van der Waals surface area contributed by atoms with Crippen LogP contribution in [0.25, 0.3) is 0 Å².